The van der Waals surface area contributed by atoms with Crippen molar-refractivity contribution >= 4 is 32.3 Å². The van der Waals surface area contributed by atoms with Gasteiger partial charge in [0.15, 0.2) is 5.52 Å². The topological polar surface area (TPSA) is 105 Å². The van der Waals surface area contributed by atoms with Crippen LogP contribution in [0.2, 0.25) is 0 Å². The maximum Gasteiger partial charge on any atom is 0.295 e. The van der Waals surface area contributed by atoms with E-state index < -0.39 is 14.9 Å². The number of nitro benzene ring substituents is 1. The average molecular weight is 392 g/mol. The molecule has 8 nitrogen and oxygen atoms in total. The molecular weight excluding hydrogens is 368 g/mol. The number of aryl methyl sites for hydroxylation is 1. The first-order valence-electron chi connectivity index (χ1n) is 9.10. The van der Waals surface area contributed by atoms with Gasteiger partial charge in [0.2, 0.25) is 10.0 Å². The lowest BCUT2D eigenvalue weighted by atomic mass is 10.0. The number of pyridine rings is 1. The van der Waals surface area contributed by atoms with E-state index in [9.17, 15) is 18.5 Å². The molecule has 0 amide bonds. The molecule has 3 rings (SSSR count). The SMILES string of the molecule is CCCS(=O)(=O)NC1CCN(c2cc(C)nc3c([N+](=O)[O-])cccc23)CC1. The molecule has 0 radical (unpaired) electrons. The summed E-state index contributed by atoms with van der Waals surface area (Å²) in [6.07, 6.45) is 1.98. The van der Waals surface area contributed by atoms with Crippen LogP contribution in [0.25, 0.3) is 10.9 Å². The van der Waals surface area contributed by atoms with Crippen LogP contribution < -0.4 is 9.62 Å². The minimum Gasteiger partial charge on any atom is -0.371 e. The molecule has 1 N–H and O–H groups in total. The summed E-state index contributed by atoms with van der Waals surface area (Å²) in [7, 11) is -3.22. The smallest absolute Gasteiger partial charge is 0.295 e. The van der Waals surface area contributed by atoms with E-state index in [1.165, 1.54) is 6.07 Å². The van der Waals surface area contributed by atoms with Gasteiger partial charge >= 0.3 is 0 Å². The van der Waals surface area contributed by atoms with Crippen LogP contribution in [0.5, 0.6) is 0 Å². The Labute approximate surface area is 158 Å². The van der Waals surface area contributed by atoms with Crippen molar-refractivity contribution in [2.45, 2.75) is 39.2 Å². The van der Waals surface area contributed by atoms with Gasteiger partial charge in [0.1, 0.15) is 0 Å². The van der Waals surface area contributed by atoms with Gasteiger partial charge in [-0.1, -0.05) is 19.1 Å². The van der Waals surface area contributed by atoms with E-state index >= 15 is 0 Å². The van der Waals surface area contributed by atoms with Crippen molar-refractivity contribution in [3.05, 3.63) is 40.1 Å². The van der Waals surface area contributed by atoms with Crippen LogP contribution in [-0.2, 0) is 10.0 Å². The highest BCUT2D eigenvalue weighted by Crippen LogP contribution is 2.33. The number of fused-ring (bicyclic) bond motifs is 1. The minimum absolute atomic E-state index is 0.000313. The lowest BCUT2D eigenvalue weighted by molar-refractivity contribution is -0.383. The highest BCUT2D eigenvalue weighted by molar-refractivity contribution is 7.89. The van der Waals surface area contributed by atoms with Gasteiger partial charge < -0.3 is 4.90 Å². The Bertz CT molecular complexity index is 953. The predicted octanol–water partition coefficient (Wildman–Crippen LogP) is 2.75. The van der Waals surface area contributed by atoms with Crippen LogP contribution in [-0.4, -0.2) is 43.2 Å². The number of piperidine rings is 1. The average Bonchev–Trinajstić information content (AvgIpc) is 2.60. The number of nitrogens with one attached hydrogen (secondary N) is 1. The molecule has 2 heterocycles. The summed E-state index contributed by atoms with van der Waals surface area (Å²) in [6.45, 7) is 5.03. The maximum atomic E-state index is 12.0. The minimum atomic E-state index is -3.22. The summed E-state index contributed by atoms with van der Waals surface area (Å²) in [4.78, 5) is 17.5. The van der Waals surface area contributed by atoms with E-state index in [0.29, 0.717) is 37.9 Å². The second kappa shape index (κ2) is 7.77. The van der Waals surface area contributed by atoms with Crippen molar-refractivity contribution in [3.63, 3.8) is 0 Å². The molecule has 1 aromatic heterocycles. The lowest BCUT2D eigenvalue weighted by Gasteiger charge is -2.34. The van der Waals surface area contributed by atoms with Gasteiger partial charge in [0.05, 0.1) is 10.7 Å². The zero-order valence-corrected chi connectivity index (χ0v) is 16.3. The van der Waals surface area contributed by atoms with Crippen molar-refractivity contribution in [2.75, 3.05) is 23.7 Å². The maximum absolute atomic E-state index is 12.0. The summed E-state index contributed by atoms with van der Waals surface area (Å²) in [5.41, 5.74) is 2.02. The van der Waals surface area contributed by atoms with Crippen molar-refractivity contribution in [2.24, 2.45) is 0 Å². The molecule has 0 bridgehead atoms. The van der Waals surface area contributed by atoms with Gasteiger partial charge in [-0.25, -0.2) is 18.1 Å². The third kappa shape index (κ3) is 4.36. The zero-order chi connectivity index (χ0) is 19.6. The number of rotatable bonds is 6. The first-order valence-corrected chi connectivity index (χ1v) is 10.8. The molecular formula is C18H24N4O4S. The van der Waals surface area contributed by atoms with Crippen LogP contribution in [0.1, 0.15) is 31.9 Å². The summed E-state index contributed by atoms with van der Waals surface area (Å²) in [5.74, 6) is 0.144. The number of benzene rings is 1. The number of hydrogen-bond acceptors (Lipinski definition) is 6. The van der Waals surface area contributed by atoms with Gasteiger partial charge in [-0.15, -0.1) is 0 Å². The second-order valence-electron chi connectivity index (χ2n) is 6.91. The second-order valence-corrected chi connectivity index (χ2v) is 8.78. The Morgan fingerprint density at radius 3 is 2.67 bits per heavy atom. The molecule has 0 aliphatic carbocycles. The molecule has 1 aromatic carbocycles. The van der Waals surface area contributed by atoms with Crippen molar-refractivity contribution in [1.29, 1.82) is 0 Å². The number of sulfonamides is 1. The number of para-hydroxylation sites is 1. The first kappa shape index (κ1) is 19.5. The van der Waals surface area contributed by atoms with Gasteiger partial charge in [0, 0.05) is 42.0 Å². The van der Waals surface area contributed by atoms with Crippen molar-refractivity contribution in [1.82, 2.24) is 9.71 Å². The van der Waals surface area contributed by atoms with Crippen LogP contribution in [0.3, 0.4) is 0 Å². The molecule has 146 valence electrons. The number of nitro groups is 1. The van der Waals surface area contributed by atoms with Crippen LogP contribution in [0, 0.1) is 17.0 Å². The van der Waals surface area contributed by atoms with E-state index in [1.807, 2.05) is 26.0 Å². The van der Waals surface area contributed by atoms with Gasteiger partial charge in [0.25, 0.3) is 5.69 Å². The number of anilines is 1. The van der Waals surface area contributed by atoms with E-state index in [0.717, 1.165) is 16.8 Å². The van der Waals surface area contributed by atoms with Gasteiger partial charge in [-0.05, 0) is 32.3 Å². The Morgan fingerprint density at radius 1 is 1.33 bits per heavy atom. The predicted molar refractivity (Wildman–Crippen MR) is 106 cm³/mol. The fourth-order valence-corrected chi connectivity index (χ4v) is 4.97. The molecule has 0 unspecified atom stereocenters. The highest BCUT2D eigenvalue weighted by atomic mass is 32.2. The highest BCUT2D eigenvalue weighted by Gasteiger charge is 2.25. The van der Waals surface area contributed by atoms with Gasteiger partial charge in [-0.2, -0.15) is 0 Å². The third-order valence-electron chi connectivity index (χ3n) is 4.78. The lowest BCUT2D eigenvalue weighted by Crippen LogP contribution is -2.45. The fourth-order valence-electron chi connectivity index (χ4n) is 3.57. The molecule has 2 aromatic rings. The molecule has 1 fully saturated rings. The summed E-state index contributed by atoms with van der Waals surface area (Å²) >= 11 is 0. The van der Waals surface area contributed by atoms with Crippen LogP contribution in [0.4, 0.5) is 11.4 Å². The number of aromatic nitrogens is 1. The Hall–Kier alpha value is -2.26. The number of hydrogen-bond donors (Lipinski definition) is 1. The normalized spacial score (nSPS) is 16.0. The monoisotopic (exact) mass is 392 g/mol. The van der Waals surface area contributed by atoms with E-state index in [1.54, 1.807) is 6.07 Å². The van der Waals surface area contributed by atoms with Crippen LogP contribution in [0.15, 0.2) is 24.3 Å². The van der Waals surface area contributed by atoms with E-state index in [4.69, 9.17) is 0 Å². The Balaban J connectivity index is 1.83. The van der Waals surface area contributed by atoms with E-state index in [2.05, 4.69) is 14.6 Å². The molecule has 1 aliphatic heterocycles. The van der Waals surface area contributed by atoms with Crippen molar-refractivity contribution < 1.29 is 13.3 Å². The molecule has 0 spiro atoms. The van der Waals surface area contributed by atoms with Gasteiger partial charge in [-0.3, -0.25) is 10.1 Å². The third-order valence-corrected chi connectivity index (χ3v) is 6.41. The Morgan fingerprint density at radius 2 is 2.04 bits per heavy atom. The standard InChI is InChI=1S/C18H24N4O4S/c1-3-11-27(25,26)20-14-7-9-21(10-8-14)17-12-13(2)19-18-15(17)5-4-6-16(18)22(23)24/h4-6,12,14,20H,3,7-11H2,1-2H3. The molecule has 27 heavy (non-hydrogen) atoms. The first-order chi connectivity index (χ1) is 12.8. The molecule has 0 atom stereocenters. The van der Waals surface area contributed by atoms with Crippen LogP contribution >= 0.6 is 0 Å². The largest absolute Gasteiger partial charge is 0.371 e. The van der Waals surface area contributed by atoms with E-state index in [-0.39, 0.29) is 17.5 Å². The fraction of sp³-hybridized carbons (Fsp3) is 0.500. The molecule has 1 saturated heterocycles. The summed E-state index contributed by atoms with van der Waals surface area (Å²) in [6, 6.07) is 6.86. The summed E-state index contributed by atoms with van der Waals surface area (Å²) < 4.78 is 26.7. The molecule has 9 heteroatoms. The zero-order valence-electron chi connectivity index (χ0n) is 15.5. The van der Waals surface area contributed by atoms with Crippen molar-refractivity contribution in [3.8, 4) is 0 Å². The quantitative estimate of drug-likeness (QED) is 0.598. The molecule has 1 aliphatic rings. The number of non-ortho nitro benzene ring substituents is 1. The molecule has 0 saturated carbocycles. The number of nitrogens with zero attached hydrogens (tertiary/aromatic N) is 3. The Kier molecular flexibility index (Phi) is 5.61. The summed E-state index contributed by atoms with van der Waals surface area (Å²) in [5, 5.41) is 12.1.